The molecule has 0 aromatic heterocycles. The van der Waals surface area contributed by atoms with Crippen LogP contribution in [0.1, 0.15) is 24.0 Å². The quantitative estimate of drug-likeness (QED) is 0.547. The van der Waals surface area contributed by atoms with Crippen LogP contribution in [-0.4, -0.2) is 33.3 Å². The molecule has 4 nitrogen and oxygen atoms in total. The summed E-state index contributed by atoms with van der Waals surface area (Å²) in [7, 11) is 3.13. The van der Waals surface area contributed by atoms with Gasteiger partial charge in [-0.2, -0.15) is 0 Å². The van der Waals surface area contributed by atoms with Gasteiger partial charge in [0.2, 0.25) is 0 Å². The average Bonchev–Trinajstić information content (AvgIpc) is 2.44. The summed E-state index contributed by atoms with van der Waals surface area (Å²) in [5, 5.41) is 3.38. The van der Waals surface area contributed by atoms with Crippen LogP contribution in [0.4, 0.5) is 0 Å². The van der Waals surface area contributed by atoms with Gasteiger partial charge in [0.1, 0.15) is 0 Å². The van der Waals surface area contributed by atoms with Crippen molar-refractivity contribution in [3.8, 4) is 0 Å². The van der Waals surface area contributed by atoms with Gasteiger partial charge in [-0.1, -0.05) is 24.3 Å². The Balaban J connectivity index is 2.38. The fourth-order valence-electron chi connectivity index (χ4n) is 1.85. The van der Waals surface area contributed by atoms with Crippen molar-refractivity contribution in [1.82, 2.24) is 5.32 Å². The van der Waals surface area contributed by atoms with Crippen molar-refractivity contribution in [2.75, 3.05) is 27.4 Å². The molecule has 0 aliphatic carbocycles. The van der Waals surface area contributed by atoms with Crippen molar-refractivity contribution in [3.05, 3.63) is 35.4 Å². The molecule has 1 N–H and O–H groups in total. The van der Waals surface area contributed by atoms with Crippen LogP contribution >= 0.6 is 0 Å². The second-order valence-electron chi connectivity index (χ2n) is 4.40. The van der Waals surface area contributed by atoms with E-state index in [1.165, 1.54) is 7.11 Å². The lowest BCUT2D eigenvalue weighted by molar-refractivity contribution is -0.139. The minimum Gasteiger partial charge on any atom is -0.469 e. The number of hydrogen-bond acceptors (Lipinski definition) is 4. The van der Waals surface area contributed by atoms with Crippen LogP contribution in [0, 0.1) is 0 Å². The molecule has 19 heavy (non-hydrogen) atoms. The number of carbonyl (C=O) groups is 1. The molecule has 106 valence electrons. The van der Waals surface area contributed by atoms with Gasteiger partial charge in [0.15, 0.2) is 0 Å². The number of hydrogen-bond donors (Lipinski definition) is 1. The molecule has 0 aliphatic heterocycles. The fraction of sp³-hybridized carbons (Fsp3) is 0.533. The SMILES string of the molecule is COCCCCNCc1ccccc1CC(=O)OC. The number of ether oxygens (including phenoxy) is 2. The molecule has 0 spiro atoms. The second-order valence-corrected chi connectivity index (χ2v) is 4.40. The standard InChI is InChI=1S/C15H23NO3/c1-18-10-6-5-9-16-12-14-8-4-3-7-13(14)11-15(17)19-2/h3-4,7-8,16H,5-6,9-12H2,1-2H3. The lowest BCUT2D eigenvalue weighted by Gasteiger charge is -2.10. The van der Waals surface area contributed by atoms with E-state index in [0.717, 1.165) is 43.7 Å². The zero-order chi connectivity index (χ0) is 13.9. The van der Waals surface area contributed by atoms with Crippen LogP contribution < -0.4 is 5.32 Å². The number of nitrogens with one attached hydrogen (secondary N) is 1. The maximum absolute atomic E-state index is 11.3. The third-order valence-corrected chi connectivity index (χ3v) is 2.95. The molecule has 0 amide bonds. The molecule has 0 saturated carbocycles. The number of benzene rings is 1. The lowest BCUT2D eigenvalue weighted by Crippen LogP contribution is -2.17. The Morgan fingerprint density at radius 1 is 1.16 bits per heavy atom. The van der Waals surface area contributed by atoms with Gasteiger partial charge in [0.25, 0.3) is 0 Å². The van der Waals surface area contributed by atoms with Crippen molar-refractivity contribution >= 4 is 5.97 Å². The highest BCUT2D eigenvalue weighted by molar-refractivity contribution is 5.72. The van der Waals surface area contributed by atoms with Crippen molar-refractivity contribution < 1.29 is 14.3 Å². The Morgan fingerprint density at radius 2 is 1.89 bits per heavy atom. The molecule has 0 radical (unpaired) electrons. The second kappa shape index (κ2) is 9.53. The van der Waals surface area contributed by atoms with E-state index in [1.807, 2.05) is 24.3 Å². The van der Waals surface area contributed by atoms with E-state index in [4.69, 9.17) is 9.47 Å². The summed E-state index contributed by atoms with van der Waals surface area (Å²) in [6.45, 7) is 2.54. The maximum Gasteiger partial charge on any atom is 0.309 e. The maximum atomic E-state index is 11.3. The van der Waals surface area contributed by atoms with Gasteiger partial charge in [-0.3, -0.25) is 4.79 Å². The Bertz CT molecular complexity index is 379. The van der Waals surface area contributed by atoms with Crippen molar-refractivity contribution in [1.29, 1.82) is 0 Å². The van der Waals surface area contributed by atoms with Crippen molar-refractivity contribution in [2.45, 2.75) is 25.8 Å². The smallest absolute Gasteiger partial charge is 0.309 e. The van der Waals surface area contributed by atoms with Crippen LogP contribution in [0.3, 0.4) is 0 Å². The van der Waals surface area contributed by atoms with Gasteiger partial charge in [-0.25, -0.2) is 0 Å². The summed E-state index contributed by atoms with van der Waals surface area (Å²) in [6.07, 6.45) is 2.48. The molecule has 0 atom stereocenters. The van der Waals surface area contributed by atoms with E-state index in [1.54, 1.807) is 7.11 Å². The minimum absolute atomic E-state index is 0.201. The van der Waals surface area contributed by atoms with Crippen LogP contribution in [-0.2, 0) is 27.2 Å². The van der Waals surface area contributed by atoms with E-state index >= 15 is 0 Å². The van der Waals surface area contributed by atoms with E-state index in [-0.39, 0.29) is 5.97 Å². The first-order valence-electron chi connectivity index (χ1n) is 6.61. The monoisotopic (exact) mass is 265 g/mol. The van der Waals surface area contributed by atoms with Crippen LogP contribution in [0.2, 0.25) is 0 Å². The molecule has 0 saturated heterocycles. The van der Waals surface area contributed by atoms with Crippen molar-refractivity contribution in [2.24, 2.45) is 0 Å². The zero-order valence-corrected chi connectivity index (χ0v) is 11.8. The Kier molecular flexibility index (Phi) is 7.86. The normalized spacial score (nSPS) is 10.4. The Labute approximate surface area is 115 Å². The molecule has 0 bridgehead atoms. The molecular formula is C15H23NO3. The third kappa shape index (κ3) is 6.36. The molecule has 0 fully saturated rings. The fourth-order valence-corrected chi connectivity index (χ4v) is 1.85. The first-order valence-corrected chi connectivity index (χ1v) is 6.61. The average molecular weight is 265 g/mol. The third-order valence-electron chi connectivity index (χ3n) is 2.95. The molecule has 0 aliphatic rings. The highest BCUT2D eigenvalue weighted by Gasteiger charge is 2.07. The van der Waals surface area contributed by atoms with Gasteiger partial charge in [0, 0.05) is 20.3 Å². The lowest BCUT2D eigenvalue weighted by atomic mass is 10.0. The molecule has 4 heteroatoms. The Morgan fingerprint density at radius 3 is 2.58 bits per heavy atom. The minimum atomic E-state index is -0.201. The Hall–Kier alpha value is -1.39. The summed E-state index contributed by atoms with van der Waals surface area (Å²) < 4.78 is 9.71. The van der Waals surface area contributed by atoms with Crippen LogP contribution in [0.5, 0.6) is 0 Å². The number of carbonyl (C=O) groups excluding carboxylic acids is 1. The molecule has 0 unspecified atom stereocenters. The summed E-state index contributed by atoms with van der Waals surface area (Å²) in [5.41, 5.74) is 2.18. The van der Waals surface area contributed by atoms with E-state index < -0.39 is 0 Å². The predicted octanol–water partition coefficient (Wildman–Crippen LogP) is 1.92. The molecule has 1 aromatic carbocycles. The zero-order valence-electron chi connectivity index (χ0n) is 11.8. The number of methoxy groups -OCH3 is 2. The van der Waals surface area contributed by atoms with Crippen LogP contribution in [0.15, 0.2) is 24.3 Å². The summed E-state index contributed by atoms with van der Waals surface area (Å²) in [5.74, 6) is -0.201. The predicted molar refractivity (Wildman–Crippen MR) is 75.0 cm³/mol. The largest absolute Gasteiger partial charge is 0.469 e. The van der Waals surface area contributed by atoms with Gasteiger partial charge in [-0.15, -0.1) is 0 Å². The van der Waals surface area contributed by atoms with Gasteiger partial charge in [-0.05, 0) is 30.5 Å². The van der Waals surface area contributed by atoms with E-state index in [0.29, 0.717) is 6.42 Å². The summed E-state index contributed by atoms with van der Waals surface area (Å²) >= 11 is 0. The van der Waals surface area contributed by atoms with Gasteiger partial charge in [0.05, 0.1) is 13.5 Å². The molecular weight excluding hydrogens is 242 g/mol. The highest BCUT2D eigenvalue weighted by atomic mass is 16.5. The summed E-state index contributed by atoms with van der Waals surface area (Å²) in [6, 6.07) is 7.95. The first kappa shape index (κ1) is 15.7. The first-order chi connectivity index (χ1) is 9.27. The topological polar surface area (TPSA) is 47.6 Å². The summed E-state index contributed by atoms with van der Waals surface area (Å²) in [4.78, 5) is 11.3. The number of unbranched alkanes of at least 4 members (excludes halogenated alkanes) is 1. The molecule has 1 aromatic rings. The van der Waals surface area contributed by atoms with Crippen molar-refractivity contribution in [3.63, 3.8) is 0 Å². The number of rotatable bonds is 9. The van der Waals surface area contributed by atoms with E-state index in [2.05, 4.69) is 5.32 Å². The van der Waals surface area contributed by atoms with Gasteiger partial charge < -0.3 is 14.8 Å². The molecule has 0 heterocycles. The highest BCUT2D eigenvalue weighted by Crippen LogP contribution is 2.10. The molecule has 1 rings (SSSR count). The van der Waals surface area contributed by atoms with E-state index in [9.17, 15) is 4.79 Å². The van der Waals surface area contributed by atoms with Crippen LogP contribution in [0.25, 0.3) is 0 Å². The number of esters is 1. The van der Waals surface area contributed by atoms with Gasteiger partial charge >= 0.3 is 5.97 Å².